The van der Waals surface area contributed by atoms with Gasteiger partial charge >= 0.3 is 11.8 Å². The van der Waals surface area contributed by atoms with Crippen LogP contribution < -0.4 is 5.32 Å². The molecule has 0 saturated heterocycles. The standard InChI is InChI=1S/C26H47F4NO3S/c1-17(2)10-9-13-31-24(33)12-11-21(14-22(32)18(3)4)35-16-34-23(19(5)6)15-25(27,28)26(29,30)20(7)8/h17-21,23H,9-16H2,1-8H3,(H,31,33). The molecule has 0 aromatic carbocycles. The molecule has 0 aliphatic heterocycles. The van der Waals surface area contributed by atoms with E-state index in [9.17, 15) is 27.2 Å². The average Bonchev–Trinajstić information content (AvgIpc) is 2.73. The Morgan fingerprint density at radius 2 is 1.54 bits per heavy atom. The molecular formula is C26H47F4NO3S. The summed E-state index contributed by atoms with van der Waals surface area (Å²) in [7, 11) is 0. The topological polar surface area (TPSA) is 55.4 Å². The molecule has 4 nitrogen and oxygen atoms in total. The zero-order valence-electron chi connectivity index (χ0n) is 22.8. The van der Waals surface area contributed by atoms with E-state index in [1.54, 1.807) is 27.7 Å². The molecule has 0 aliphatic carbocycles. The second kappa shape index (κ2) is 16.1. The quantitative estimate of drug-likeness (QED) is 0.108. The summed E-state index contributed by atoms with van der Waals surface area (Å²) in [6, 6.07) is 0. The lowest BCUT2D eigenvalue weighted by Gasteiger charge is -2.33. The summed E-state index contributed by atoms with van der Waals surface area (Å²) in [5.74, 6) is -9.87. The number of nitrogens with one attached hydrogen (secondary N) is 1. The maximum atomic E-state index is 14.4. The molecule has 208 valence electrons. The molecule has 0 bridgehead atoms. The summed E-state index contributed by atoms with van der Waals surface area (Å²) < 4.78 is 62.5. The minimum absolute atomic E-state index is 0.0156. The van der Waals surface area contributed by atoms with Crippen molar-refractivity contribution in [3.8, 4) is 0 Å². The zero-order chi connectivity index (χ0) is 27.4. The highest BCUT2D eigenvalue weighted by molar-refractivity contribution is 7.99. The fourth-order valence-electron chi connectivity index (χ4n) is 3.34. The summed E-state index contributed by atoms with van der Waals surface area (Å²) >= 11 is 1.27. The largest absolute Gasteiger partial charge is 0.367 e. The SMILES string of the molecule is CC(C)CCCNC(=O)CCC(CC(=O)C(C)C)SCOC(CC(F)(F)C(F)(F)C(C)C)C(C)C. The van der Waals surface area contributed by atoms with Crippen LogP contribution in [0.1, 0.15) is 93.9 Å². The van der Waals surface area contributed by atoms with Gasteiger partial charge in [0.2, 0.25) is 5.91 Å². The van der Waals surface area contributed by atoms with Crippen molar-refractivity contribution in [2.24, 2.45) is 23.7 Å². The maximum absolute atomic E-state index is 14.4. The van der Waals surface area contributed by atoms with Crippen LogP contribution in [0, 0.1) is 23.7 Å². The first-order valence-electron chi connectivity index (χ1n) is 12.8. The number of Topliss-reactive ketones (excluding diaryl/α,β-unsaturated/α-hetero) is 1. The van der Waals surface area contributed by atoms with E-state index in [0.717, 1.165) is 26.7 Å². The van der Waals surface area contributed by atoms with Gasteiger partial charge in [0.1, 0.15) is 5.78 Å². The molecule has 0 fully saturated rings. The molecule has 1 amide bonds. The van der Waals surface area contributed by atoms with Crippen LogP contribution in [0.5, 0.6) is 0 Å². The number of carbonyl (C=O) groups excluding carboxylic acids is 2. The van der Waals surface area contributed by atoms with Gasteiger partial charge in [-0.2, -0.15) is 17.6 Å². The summed E-state index contributed by atoms with van der Waals surface area (Å²) in [6.45, 7) is 13.9. The molecule has 0 aromatic heterocycles. The van der Waals surface area contributed by atoms with E-state index in [2.05, 4.69) is 19.2 Å². The first kappa shape index (κ1) is 34.2. The summed E-state index contributed by atoms with van der Waals surface area (Å²) in [4.78, 5) is 24.5. The normalized spacial score (nSPS) is 14.7. The molecule has 0 spiro atoms. The number of ketones is 1. The van der Waals surface area contributed by atoms with Crippen LogP contribution >= 0.6 is 11.8 Å². The molecule has 0 radical (unpaired) electrons. The van der Waals surface area contributed by atoms with E-state index in [1.165, 1.54) is 11.8 Å². The van der Waals surface area contributed by atoms with Crippen molar-refractivity contribution >= 4 is 23.5 Å². The van der Waals surface area contributed by atoms with E-state index in [-0.39, 0.29) is 41.6 Å². The zero-order valence-corrected chi connectivity index (χ0v) is 23.6. The van der Waals surface area contributed by atoms with Gasteiger partial charge in [-0.1, -0.05) is 55.4 Å². The van der Waals surface area contributed by atoms with Gasteiger partial charge in [-0.25, -0.2) is 0 Å². The number of thioether (sulfide) groups is 1. The minimum atomic E-state index is -4.19. The Balaban J connectivity index is 4.96. The third-order valence-electron chi connectivity index (χ3n) is 6.05. The van der Waals surface area contributed by atoms with Gasteiger partial charge in [-0.05, 0) is 31.1 Å². The molecule has 0 rings (SSSR count). The van der Waals surface area contributed by atoms with Crippen LogP contribution in [0.4, 0.5) is 17.6 Å². The third-order valence-corrected chi connectivity index (χ3v) is 7.19. The number of amides is 1. The highest BCUT2D eigenvalue weighted by atomic mass is 32.2. The minimum Gasteiger partial charge on any atom is -0.367 e. The number of hydrogen-bond donors (Lipinski definition) is 1. The Labute approximate surface area is 214 Å². The summed E-state index contributed by atoms with van der Waals surface area (Å²) in [5, 5.41) is 2.66. The van der Waals surface area contributed by atoms with Crippen molar-refractivity contribution in [1.82, 2.24) is 5.32 Å². The monoisotopic (exact) mass is 529 g/mol. The molecule has 9 heteroatoms. The molecule has 0 aromatic rings. The van der Waals surface area contributed by atoms with Gasteiger partial charge in [-0.15, -0.1) is 11.8 Å². The van der Waals surface area contributed by atoms with E-state index < -0.39 is 36.2 Å². The Morgan fingerprint density at radius 1 is 0.943 bits per heavy atom. The first-order chi connectivity index (χ1) is 16.0. The Kier molecular flexibility index (Phi) is 15.7. The van der Waals surface area contributed by atoms with Crippen LogP contribution in [0.25, 0.3) is 0 Å². The van der Waals surface area contributed by atoms with Crippen molar-refractivity contribution in [2.45, 2.75) is 117 Å². The van der Waals surface area contributed by atoms with Gasteiger partial charge < -0.3 is 10.1 Å². The van der Waals surface area contributed by atoms with Gasteiger partial charge in [-0.3, -0.25) is 9.59 Å². The van der Waals surface area contributed by atoms with Gasteiger partial charge in [0, 0.05) is 42.9 Å². The molecule has 1 N–H and O–H groups in total. The Bertz CT molecular complexity index is 628. The number of alkyl halides is 4. The van der Waals surface area contributed by atoms with Gasteiger partial charge in [0.25, 0.3) is 0 Å². The van der Waals surface area contributed by atoms with E-state index >= 15 is 0 Å². The lowest BCUT2D eigenvalue weighted by molar-refractivity contribution is -0.245. The number of ether oxygens (including phenoxy) is 1. The smallest absolute Gasteiger partial charge is 0.312 e. The van der Waals surface area contributed by atoms with E-state index in [4.69, 9.17) is 4.74 Å². The second-order valence-electron chi connectivity index (χ2n) is 10.8. The van der Waals surface area contributed by atoms with Crippen LogP contribution in [0.2, 0.25) is 0 Å². The molecule has 0 aliphatic rings. The molecule has 35 heavy (non-hydrogen) atoms. The van der Waals surface area contributed by atoms with E-state index in [0.29, 0.717) is 18.9 Å². The van der Waals surface area contributed by atoms with Gasteiger partial charge in [0.05, 0.1) is 12.0 Å². The molecule has 0 saturated carbocycles. The number of carbonyl (C=O) groups is 2. The molecule has 2 atom stereocenters. The number of rotatable bonds is 19. The van der Waals surface area contributed by atoms with Crippen LogP contribution in [-0.2, 0) is 14.3 Å². The van der Waals surface area contributed by atoms with Crippen molar-refractivity contribution in [1.29, 1.82) is 0 Å². The first-order valence-corrected chi connectivity index (χ1v) is 13.8. The summed E-state index contributed by atoms with van der Waals surface area (Å²) in [6.07, 6.45) is 0.711. The fourth-order valence-corrected chi connectivity index (χ4v) is 4.36. The van der Waals surface area contributed by atoms with Crippen molar-refractivity contribution in [3.63, 3.8) is 0 Å². The molecule has 0 heterocycles. The predicted molar refractivity (Wildman–Crippen MR) is 136 cm³/mol. The molecule has 2 unspecified atom stereocenters. The molecular weight excluding hydrogens is 482 g/mol. The predicted octanol–water partition coefficient (Wildman–Crippen LogP) is 7.35. The van der Waals surface area contributed by atoms with Crippen molar-refractivity contribution < 1.29 is 31.9 Å². The van der Waals surface area contributed by atoms with Gasteiger partial charge in [0.15, 0.2) is 0 Å². The van der Waals surface area contributed by atoms with Crippen LogP contribution in [0.3, 0.4) is 0 Å². The average molecular weight is 530 g/mol. The number of hydrogen-bond acceptors (Lipinski definition) is 4. The van der Waals surface area contributed by atoms with Crippen molar-refractivity contribution in [2.75, 3.05) is 12.5 Å². The van der Waals surface area contributed by atoms with E-state index in [1.807, 2.05) is 0 Å². The van der Waals surface area contributed by atoms with Crippen LogP contribution in [0.15, 0.2) is 0 Å². The van der Waals surface area contributed by atoms with Crippen LogP contribution in [-0.4, -0.2) is 47.4 Å². The Morgan fingerprint density at radius 3 is 2.03 bits per heavy atom. The highest BCUT2D eigenvalue weighted by Crippen LogP contribution is 2.44. The lowest BCUT2D eigenvalue weighted by Crippen LogP contribution is -2.47. The third kappa shape index (κ3) is 13.3. The lowest BCUT2D eigenvalue weighted by atomic mass is 9.92. The second-order valence-corrected chi connectivity index (χ2v) is 12.0. The fraction of sp³-hybridized carbons (Fsp3) is 0.923. The number of halogens is 4. The summed E-state index contributed by atoms with van der Waals surface area (Å²) in [5.41, 5.74) is 0. The highest BCUT2D eigenvalue weighted by Gasteiger charge is 2.58. The Hall–Kier alpha value is -0.830. The van der Waals surface area contributed by atoms with Crippen molar-refractivity contribution in [3.05, 3.63) is 0 Å². The maximum Gasteiger partial charge on any atom is 0.312 e.